The molecule has 0 bridgehead atoms. The number of carbonyl (C=O) groups is 2. The maximum absolute atomic E-state index is 13.3. The molecule has 0 radical (unpaired) electrons. The summed E-state index contributed by atoms with van der Waals surface area (Å²) in [6.45, 7) is 2.42. The molecule has 2 saturated heterocycles. The van der Waals surface area contributed by atoms with E-state index in [0.717, 1.165) is 34.3 Å². The van der Waals surface area contributed by atoms with Crippen molar-refractivity contribution in [3.05, 3.63) is 41.4 Å². The van der Waals surface area contributed by atoms with Gasteiger partial charge in [0.1, 0.15) is 12.1 Å². The second kappa shape index (κ2) is 9.81. The minimum absolute atomic E-state index is 0.0966. The molecule has 2 aliphatic rings. The molecule has 1 N–H and O–H groups in total. The first-order chi connectivity index (χ1) is 16.1. The van der Waals surface area contributed by atoms with Crippen molar-refractivity contribution in [3.63, 3.8) is 0 Å². The summed E-state index contributed by atoms with van der Waals surface area (Å²) < 4.78 is 27.8. The minimum atomic E-state index is -3.94. The molecule has 34 heavy (non-hydrogen) atoms. The number of nitrogens with zero attached hydrogens (tertiary/aromatic N) is 3. The largest absolute Gasteiger partial charge is 0.394 e. The van der Waals surface area contributed by atoms with Crippen molar-refractivity contribution in [3.8, 4) is 0 Å². The lowest BCUT2D eigenvalue weighted by Crippen LogP contribution is -2.54. The van der Waals surface area contributed by atoms with E-state index in [0.29, 0.717) is 24.5 Å². The van der Waals surface area contributed by atoms with Crippen molar-refractivity contribution in [1.82, 2.24) is 14.1 Å². The summed E-state index contributed by atoms with van der Waals surface area (Å²) in [4.78, 5) is 29.6. The number of hydrogen-bond donors (Lipinski definition) is 1. The van der Waals surface area contributed by atoms with Gasteiger partial charge in [-0.2, -0.15) is 4.31 Å². The number of hydrogen-bond acceptors (Lipinski definition) is 5. The van der Waals surface area contributed by atoms with Crippen molar-refractivity contribution in [2.75, 3.05) is 26.7 Å². The van der Waals surface area contributed by atoms with E-state index in [1.54, 1.807) is 42.2 Å². The standard InChI is InChI=1S/C24H30ClN3O5S/c1-16(23(30)28-11-4-3-5-20(28)15-29)27-12-10-22(24(27)31)26(2)34(32,33)21-9-7-17-13-19(25)8-6-18(17)14-21/h6-9,13-14,16,20,22,29H,3-5,10-12,15H2,1-2H3/t16-,20?,22+/m1/s1. The topological polar surface area (TPSA) is 98.2 Å². The van der Waals surface area contributed by atoms with Crippen LogP contribution in [0.25, 0.3) is 10.8 Å². The Bertz CT molecular complexity index is 1200. The van der Waals surface area contributed by atoms with E-state index in [1.807, 2.05) is 0 Å². The van der Waals surface area contributed by atoms with Gasteiger partial charge in [0, 0.05) is 25.2 Å². The summed E-state index contributed by atoms with van der Waals surface area (Å²) >= 11 is 6.02. The van der Waals surface area contributed by atoms with Crippen LogP contribution in [0.4, 0.5) is 0 Å². The summed E-state index contributed by atoms with van der Waals surface area (Å²) in [5.74, 6) is -0.580. The molecule has 3 atom stereocenters. The first-order valence-corrected chi connectivity index (χ1v) is 13.4. The third-order valence-electron chi connectivity index (χ3n) is 7.05. The molecule has 0 saturated carbocycles. The molecule has 0 aromatic heterocycles. The number of carbonyl (C=O) groups excluding carboxylic acids is 2. The van der Waals surface area contributed by atoms with Gasteiger partial charge in [-0.1, -0.05) is 23.7 Å². The molecule has 184 valence electrons. The van der Waals surface area contributed by atoms with E-state index in [1.165, 1.54) is 18.0 Å². The highest BCUT2D eigenvalue weighted by Gasteiger charge is 2.44. The lowest BCUT2D eigenvalue weighted by Gasteiger charge is -2.38. The average molecular weight is 508 g/mol. The van der Waals surface area contributed by atoms with Gasteiger partial charge in [0.05, 0.1) is 17.5 Å². The van der Waals surface area contributed by atoms with Crippen molar-refractivity contribution in [1.29, 1.82) is 0 Å². The van der Waals surface area contributed by atoms with Crippen molar-refractivity contribution < 1.29 is 23.1 Å². The zero-order valence-corrected chi connectivity index (χ0v) is 20.9. The van der Waals surface area contributed by atoms with Crippen LogP contribution in [0.1, 0.15) is 32.6 Å². The monoisotopic (exact) mass is 507 g/mol. The molecule has 2 fully saturated rings. The second-order valence-corrected chi connectivity index (χ2v) is 11.5. The molecule has 2 aromatic rings. The Hall–Kier alpha value is -2.20. The number of piperidine rings is 1. The highest BCUT2D eigenvalue weighted by Crippen LogP contribution is 2.28. The Labute approximate surface area is 205 Å². The molecule has 0 spiro atoms. The second-order valence-electron chi connectivity index (χ2n) is 9.05. The maximum atomic E-state index is 13.3. The molecule has 8 nitrogen and oxygen atoms in total. The van der Waals surface area contributed by atoms with Gasteiger partial charge >= 0.3 is 0 Å². The van der Waals surface area contributed by atoms with E-state index in [4.69, 9.17) is 11.6 Å². The van der Waals surface area contributed by atoms with Crippen LogP contribution in [0.2, 0.25) is 5.02 Å². The molecule has 4 rings (SSSR count). The van der Waals surface area contributed by atoms with Gasteiger partial charge in [-0.25, -0.2) is 8.42 Å². The average Bonchev–Trinajstić information content (AvgIpc) is 3.22. The first kappa shape index (κ1) is 24.9. The Morgan fingerprint density at radius 2 is 1.85 bits per heavy atom. The van der Waals surface area contributed by atoms with E-state index in [2.05, 4.69) is 0 Å². The zero-order chi connectivity index (χ0) is 24.6. The van der Waals surface area contributed by atoms with E-state index < -0.39 is 22.1 Å². The van der Waals surface area contributed by atoms with Crippen LogP contribution in [0.15, 0.2) is 41.3 Å². The number of likely N-dealkylation sites (N-methyl/N-ethyl adjacent to an activating group) is 1. The Balaban J connectivity index is 1.51. The van der Waals surface area contributed by atoms with Crippen LogP contribution < -0.4 is 0 Å². The number of aliphatic hydroxyl groups excluding tert-OH is 1. The highest BCUT2D eigenvalue weighted by atomic mass is 35.5. The van der Waals surface area contributed by atoms with Crippen LogP contribution in [-0.2, 0) is 19.6 Å². The SMILES string of the molecule is C[C@H](C(=O)N1CCCCC1CO)N1CC[C@H](N(C)S(=O)(=O)c2ccc3cc(Cl)ccc3c2)C1=O. The fourth-order valence-corrected chi connectivity index (χ4v) is 6.51. The molecule has 2 heterocycles. The number of halogens is 1. The zero-order valence-electron chi connectivity index (χ0n) is 19.4. The van der Waals surface area contributed by atoms with Gasteiger partial charge in [0.25, 0.3) is 0 Å². The highest BCUT2D eigenvalue weighted by molar-refractivity contribution is 7.89. The number of likely N-dealkylation sites (tertiary alicyclic amines) is 2. The number of benzene rings is 2. The Morgan fingerprint density at radius 3 is 2.59 bits per heavy atom. The van der Waals surface area contributed by atoms with Crippen molar-refractivity contribution >= 4 is 44.2 Å². The van der Waals surface area contributed by atoms with Crippen LogP contribution in [0.3, 0.4) is 0 Å². The van der Waals surface area contributed by atoms with Crippen LogP contribution >= 0.6 is 11.6 Å². The smallest absolute Gasteiger partial charge is 0.245 e. The maximum Gasteiger partial charge on any atom is 0.245 e. The molecular weight excluding hydrogens is 478 g/mol. The normalized spacial score (nSPS) is 22.6. The fraction of sp³-hybridized carbons (Fsp3) is 0.500. The van der Waals surface area contributed by atoms with Gasteiger partial charge in [-0.05, 0) is 67.6 Å². The number of fused-ring (bicyclic) bond motifs is 1. The number of sulfonamides is 1. The molecule has 1 unspecified atom stereocenters. The molecule has 2 aliphatic heterocycles. The molecular formula is C24H30ClN3O5S. The number of rotatable bonds is 6. The summed E-state index contributed by atoms with van der Waals surface area (Å²) in [6.07, 6.45) is 2.87. The fourth-order valence-electron chi connectivity index (χ4n) is 4.95. The molecule has 10 heteroatoms. The Morgan fingerprint density at radius 1 is 1.15 bits per heavy atom. The minimum Gasteiger partial charge on any atom is -0.394 e. The van der Waals surface area contributed by atoms with E-state index in [9.17, 15) is 23.1 Å². The van der Waals surface area contributed by atoms with E-state index >= 15 is 0 Å². The quantitative estimate of drug-likeness (QED) is 0.647. The van der Waals surface area contributed by atoms with Gasteiger partial charge in [-0.15, -0.1) is 0 Å². The van der Waals surface area contributed by atoms with Gasteiger partial charge in [-0.3, -0.25) is 9.59 Å². The number of aliphatic hydroxyl groups is 1. The molecule has 0 aliphatic carbocycles. The van der Waals surface area contributed by atoms with Gasteiger partial charge in [0.15, 0.2) is 0 Å². The van der Waals surface area contributed by atoms with Crippen LogP contribution in [0.5, 0.6) is 0 Å². The summed E-state index contributed by atoms with van der Waals surface area (Å²) in [5, 5.41) is 11.8. The molecule has 2 amide bonds. The van der Waals surface area contributed by atoms with Gasteiger partial charge < -0.3 is 14.9 Å². The number of amides is 2. The van der Waals surface area contributed by atoms with Crippen LogP contribution in [0, 0.1) is 0 Å². The summed E-state index contributed by atoms with van der Waals surface area (Å²) in [7, 11) is -2.53. The van der Waals surface area contributed by atoms with Crippen LogP contribution in [-0.4, -0.2) is 84.3 Å². The third kappa shape index (κ3) is 4.54. The Kier molecular flexibility index (Phi) is 7.19. The summed E-state index contributed by atoms with van der Waals surface area (Å²) in [6, 6.07) is 8.17. The van der Waals surface area contributed by atoms with Crippen molar-refractivity contribution in [2.45, 2.75) is 55.6 Å². The predicted octanol–water partition coefficient (Wildman–Crippen LogP) is 2.48. The third-order valence-corrected chi connectivity index (χ3v) is 9.14. The van der Waals surface area contributed by atoms with Gasteiger partial charge in [0.2, 0.25) is 21.8 Å². The lowest BCUT2D eigenvalue weighted by atomic mass is 10.0. The lowest BCUT2D eigenvalue weighted by molar-refractivity contribution is -0.147. The predicted molar refractivity (Wildman–Crippen MR) is 130 cm³/mol. The summed E-state index contributed by atoms with van der Waals surface area (Å²) in [5.41, 5.74) is 0. The van der Waals surface area contributed by atoms with Crippen molar-refractivity contribution in [2.24, 2.45) is 0 Å². The molecule has 2 aromatic carbocycles. The van der Waals surface area contributed by atoms with E-state index in [-0.39, 0.29) is 29.4 Å². The first-order valence-electron chi connectivity index (χ1n) is 11.5.